The van der Waals surface area contributed by atoms with E-state index in [4.69, 9.17) is 6.42 Å². The van der Waals surface area contributed by atoms with E-state index in [9.17, 15) is 13.6 Å². The van der Waals surface area contributed by atoms with Gasteiger partial charge in [-0.1, -0.05) is 6.07 Å². The Morgan fingerprint density at radius 3 is 2.83 bits per heavy atom. The summed E-state index contributed by atoms with van der Waals surface area (Å²) in [5.41, 5.74) is 0.411. The maximum absolute atomic E-state index is 13.4. The number of benzene rings is 1. The van der Waals surface area contributed by atoms with Crippen molar-refractivity contribution in [2.45, 2.75) is 12.8 Å². The molecule has 0 bridgehead atoms. The number of amides is 1. The number of rotatable bonds is 3. The summed E-state index contributed by atoms with van der Waals surface area (Å²) in [6, 6.07) is 3.48. The Balaban J connectivity index is 1.96. The van der Waals surface area contributed by atoms with Crippen LogP contribution >= 0.6 is 0 Å². The molecule has 4 heteroatoms. The molecule has 0 saturated carbocycles. The van der Waals surface area contributed by atoms with Crippen LogP contribution in [-0.4, -0.2) is 23.9 Å². The van der Waals surface area contributed by atoms with Gasteiger partial charge in [0.25, 0.3) is 0 Å². The fourth-order valence-electron chi connectivity index (χ4n) is 2.08. The maximum atomic E-state index is 13.4. The van der Waals surface area contributed by atoms with E-state index in [-0.39, 0.29) is 11.8 Å². The number of likely N-dealkylation sites (tertiary alicyclic amines) is 1. The van der Waals surface area contributed by atoms with Gasteiger partial charge in [-0.3, -0.25) is 4.79 Å². The highest BCUT2D eigenvalue weighted by atomic mass is 19.1. The van der Waals surface area contributed by atoms with Crippen molar-refractivity contribution in [3.05, 3.63) is 35.4 Å². The molecular weight excluding hydrogens is 236 g/mol. The van der Waals surface area contributed by atoms with Gasteiger partial charge in [-0.15, -0.1) is 12.3 Å². The van der Waals surface area contributed by atoms with Crippen LogP contribution in [0.2, 0.25) is 0 Å². The summed E-state index contributed by atoms with van der Waals surface area (Å²) < 4.78 is 26.1. The van der Waals surface area contributed by atoms with Crippen molar-refractivity contribution in [2.24, 2.45) is 5.92 Å². The van der Waals surface area contributed by atoms with Crippen LogP contribution in [0.4, 0.5) is 8.78 Å². The molecule has 18 heavy (non-hydrogen) atoms. The molecule has 2 rings (SSSR count). The van der Waals surface area contributed by atoms with Crippen LogP contribution in [0.15, 0.2) is 18.2 Å². The molecule has 1 unspecified atom stereocenters. The van der Waals surface area contributed by atoms with Crippen molar-refractivity contribution >= 4 is 5.91 Å². The summed E-state index contributed by atoms with van der Waals surface area (Å²) in [5, 5.41) is 0. The Hall–Kier alpha value is -1.89. The minimum Gasteiger partial charge on any atom is -0.341 e. The molecule has 0 spiro atoms. The molecule has 0 radical (unpaired) electrons. The van der Waals surface area contributed by atoms with Gasteiger partial charge in [0, 0.05) is 31.5 Å². The van der Waals surface area contributed by atoms with E-state index in [0.717, 1.165) is 6.07 Å². The molecule has 0 N–H and O–H groups in total. The second-order valence-corrected chi connectivity index (χ2v) is 4.39. The SMILES string of the molecule is C#CC1CC(=O)N(CCc2ccc(F)cc2F)C1. The second-order valence-electron chi connectivity index (χ2n) is 4.39. The van der Waals surface area contributed by atoms with E-state index in [2.05, 4.69) is 5.92 Å². The van der Waals surface area contributed by atoms with Gasteiger partial charge in [-0.05, 0) is 18.1 Å². The topological polar surface area (TPSA) is 20.3 Å². The van der Waals surface area contributed by atoms with E-state index >= 15 is 0 Å². The van der Waals surface area contributed by atoms with E-state index in [1.54, 1.807) is 4.90 Å². The van der Waals surface area contributed by atoms with Crippen molar-refractivity contribution in [3.63, 3.8) is 0 Å². The van der Waals surface area contributed by atoms with E-state index < -0.39 is 11.6 Å². The third kappa shape index (κ3) is 2.67. The summed E-state index contributed by atoms with van der Waals surface area (Å²) in [6.45, 7) is 0.942. The molecule has 1 aromatic carbocycles. The average Bonchev–Trinajstić information content (AvgIpc) is 2.69. The zero-order chi connectivity index (χ0) is 13.1. The molecule has 2 nitrogen and oxygen atoms in total. The van der Waals surface area contributed by atoms with Gasteiger partial charge in [0.15, 0.2) is 0 Å². The third-order valence-electron chi connectivity index (χ3n) is 3.12. The van der Waals surface area contributed by atoms with Gasteiger partial charge in [0.2, 0.25) is 5.91 Å². The molecule has 1 amide bonds. The number of halogens is 2. The molecular formula is C14H13F2NO. The molecule has 1 aliphatic rings. The van der Waals surface area contributed by atoms with E-state index in [1.807, 2.05) is 0 Å². The second kappa shape index (κ2) is 5.18. The number of hydrogen-bond donors (Lipinski definition) is 0. The fourth-order valence-corrected chi connectivity index (χ4v) is 2.08. The smallest absolute Gasteiger partial charge is 0.223 e. The maximum Gasteiger partial charge on any atom is 0.223 e. The first kappa shape index (κ1) is 12.6. The normalized spacial score (nSPS) is 19.1. The van der Waals surface area contributed by atoms with E-state index in [0.29, 0.717) is 31.5 Å². The molecule has 0 aliphatic carbocycles. The Kier molecular flexibility index (Phi) is 3.61. The number of hydrogen-bond acceptors (Lipinski definition) is 1. The first-order valence-corrected chi connectivity index (χ1v) is 5.78. The minimum atomic E-state index is -0.596. The summed E-state index contributed by atoms with van der Waals surface area (Å²) in [6.07, 6.45) is 6.01. The molecule has 1 aromatic rings. The largest absolute Gasteiger partial charge is 0.341 e. The van der Waals surface area contributed by atoms with Crippen LogP contribution < -0.4 is 0 Å². The highest BCUT2D eigenvalue weighted by Crippen LogP contribution is 2.18. The van der Waals surface area contributed by atoms with Gasteiger partial charge in [-0.2, -0.15) is 0 Å². The predicted molar refractivity (Wildman–Crippen MR) is 63.6 cm³/mol. The molecule has 1 atom stereocenters. The zero-order valence-electron chi connectivity index (χ0n) is 9.83. The monoisotopic (exact) mass is 249 g/mol. The Morgan fingerprint density at radius 1 is 1.44 bits per heavy atom. The van der Waals surface area contributed by atoms with Crippen LogP contribution in [0.3, 0.4) is 0 Å². The predicted octanol–water partition coefficient (Wildman–Crippen LogP) is 1.99. The van der Waals surface area contributed by atoms with Crippen LogP contribution in [0.25, 0.3) is 0 Å². The fraction of sp³-hybridized carbons (Fsp3) is 0.357. The lowest BCUT2D eigenvalue weighted by atomic mass is 10.1. The molecule has 0 aromatic heterocycles. The first-order valence-electron chi connectivity index (χ1n) is 5.78. The summed E-state index contributed by atoms with van der Waals surface area (Å²) in [5.74, 6) is 1.34. The molecule has 1 heterocycles. The van der Waals surface area contributed by atoms with Crippen LogP contribution in [-0.2, 0) is 11.2 Å². The zero-order valence-corrected chi connectivity index (χ0v) is 9.83. The lowest BCUT2D eigenvalue weighted by Crippen LogP contribution is -2.27. The Labute approximate surface area is 105 Å². The van der Waals surface area contributed by atoms with Gasteiger partial charge >= 0.3 is 0 Å². The van der Waals surface area contributed by atoms with Crippen LogP contribution in [0.1, 0.15) is 12.0 Å². The lowest BCUT2D eigenvalue weighted by Gasteiger charge is -2.15. The summed E-state index contributed by atoms with van der Waals surface area (Å²) in [4.78, 5) is 13.2. The van der Waals surface area contributed by atoms with Crippen LogP contribution in [0, 0.1) is 29.9 Å². The van der Waals surface area contributed by atoms with E-state index in [1.165, 1.54) is 12.1 Å². The van der Waals surface area contributed by atoms with Crippen molar-refractivity contribution in [3.8, 4) is 12.3 Å². The van der Waals surface area contributed by atoms with Crippen molar-refractivity contribution < 1.29 is 13.6 Å². The minimum absolute atomic E-state index is 0.000435. The van der Waals surface area contributed by atoms with Crippen molar-refractivity contribution in [1.29, 1.82) is 0 Å². The number of carbonyl (C=O) groups is 1. The number of terminal acetylenes is 1. The molecule has 94 valence electrons. The Morgan fingerprint density at radius 2 is 2.22 bits per heavy atom. The quantitative estimate of drug-likeness (QED) is 0.750. The standard InChI is InChI=1S/C14H13F2NO/c1-2-10-7-14(18)17(9-10)6-5-11-3-4-12(15)8-13(11)16/h1,3-4,8,10H,5-7,9H2. The van der Waals surface area contributed by atoms with Gasteiger partial charge in [0.1, 0.15) is 11.6 Å². The molecule has 1 saturated heterocycles. The highest BCUT2D eigenvalue weighted by molar-refractivity contribution is 5.79. The first-order chi connectivity index (χ1) is 8.60. The Bertz CT molecular complexity index is 507. The van der Waals surface area contributed by atoms with Crippen molar-refractivity contribution in [1.82, 2.24) is 4.90 Å². The third-order valence-corrected chi connectivity index (χ3v) is 3.12. The summed E-state index contributed by atoms with van der Waals surface area (Å²) in [7, 11) is 0. The highest BCUT2D eigenvalue weighted by Gasteiger charge is 2.27. The number of nitrogens with zero attached hydrogens (tertiary/aromatic N) is 1. The summed E-state index contributed by atoms with van der Waals surface area (Å²) >= 11 is 0. The van der Waals surface area contributed by atoms with Gasteiger partial charge in [0.05, 0.1) is 0 Å². The van der Waals surface area contributed by atoms with Gasteiger partial charge < -0.3 is 4.90 Å². The molecule has 1 aliphatic heterocycles. The molecule has 1 fully saturated rings. The number of carbonyl (C=O) groups excluding carboxylic acids is 1. The average molecular weight is 249 g/mol. The van der Waals surface area contributed by atoms with Crippen molar-refractivity contribution in [2.75, 3.05) is 13.1 Å². The van der Waals surface area contributed by atoms with Gasteiger partial charge in [-0.25, -0.2) is 8.78 Å². The lowest BCUT2D eigenvalue weighted by molar-refractivity contribution is -0.127. The van der Waals surface area contributed by atoms with Crippen LogP contribution in [0.5, 0.6) is 0 Å².